The molecular formula is C18H19N3S. The van der Waals surface area contributed by atoms with Crippen molar-refractivity contribution in [1.29, 1.82) is 0 Å². The quantitative estimate of drug-likeness (QED) is 0.790. The Bertz CT molecular complexity index is 765. The summed E-state index contributed by atoms with van der Waals surface area (Å²) in [5.74, 6) is 0. The lowest BCUT2D eigenvalue weighted by Gasteiger charge is -2.14. The van der Waals surface area contributed by atoms with Gasteiger partial charge in [0.05, 0.1) is 10.7 Å². The van der Waals surface area contributed by atoms with Gasteiger partial charge < -0.3 is 5.73 Å². The molecule has 0 saturated carbocycles. The summed E-state index contributed by atoms with van der Waals surface area (Å²) in [5, 5.41) is 3.13. The van der Waals surface area contributed by atoms with Crippen LogP contribution in [0.4, 0.5) is 0 Å². The molecule has 22 heavy (non-hydrogen) atoms. The predicted octanol–water partition coefficient (Wildman–Crippen LogP) is 4.06. The van der Waals surface area contributed by atoms with Crippen LogP contribution in [0.2, 0.25) is 0 Å². The molecule has 4 heteroatoms. The lowest BCUT2D eigenvalue weighted by Crippen LogP contribution is -2.14. The number of aromatic nitrogens is 2. The molecule has 0 radical (unpaired) electrons. The SMILES string of the molecule is Cc1ccc(C(N)Cc2nc(-c3cccnc3)cs2)c(C)c1. The number of pyridine rings is 1. The topological polar surface area (TPSA) is 51.8 Å². The molecule has 1 unspecified atom stereocenters. The van der Waals surface area contributed by atoms with Crippen molar-refractivity contribution in [2.24, 2.45) is 5.73 Å². The minimum Gasteiger partial charge on any atom is -0.324 e. The molecule has 2 N–H and O–H groups in total. The molecule has 0 bridgehead atoms. The summed E-state index contributed by atoms with van der Waals surface area (Å²) in [5.41, 5.74) is 12.1. The maximum Gasteiger partial charge on any atom is 0.0951 e. The van der Waals surface area contributed by atoms with E-state index >= 15 is 0 Å². The van der Waals surface area contributed by atoms with Crippen LogP contribution in [0.25, 0.3) is 11.3 Å². The lowest BCUT2D eigenvalue weighted by atomic mass is 9.98. The van der Waals surface area contributed by atoms with Gasteiger partial charge in [0.2, 0.25) is 0 Å². The first kappa shape index (κ1) is 14.9. The molecule has 0 aliphatic heterocycles. The number of nitrogens with two attached hydrogens (primary N) is 1. The van der Waals surface area contributed by atoms with E-state index in [9.17, 15) is 0 Å². The largest absolute Gasteiger partial charge is 0.324 e. The molecule has 0 saturated heterocycles. The molecule has 0 aliphatic carbocycles. The summed E-state index contributed by atoms with van der Waals surface area (Å²) >= 11 is 1.66. The van der Waals surface area contributed by atoms with Crippen LogP contribution in [0.3, 0.4) is 0 Å². The molecule has 3 aromatic rings. The van der Waals surface area contributed by atoms with Crippen molar-refractivity contribution < 1.29 is 0 Å². The molecule has 2 heterocycles. The Balaban J connectivity index is 1.77. The standard InChI is InChI=1S/C18H19N3S/c1-12-5-6-15(13(2)8-12)16(19)9-18-21-17(11-22-18)14-4-3-7-20-10-14/h3-8,10-11,16H,9,19H2,1-2H3. The molecule has 0 spiro atoms. The molecule has 112 valence electrons. The monoisotopic (exact) mass is 309 g/mol. The van der Waals surface area contributed by atoms with Gasteiger partial charge in [0.25, 0.3) is 0 Å². The van der Waals surface area contributed by atoms with Crippen LogP contribution >= 0.6 is 11.3 Å². The number of hydrogen-bond acceptors (Lipinski definition) is 4. The summed E-state index contributed by atoms with van der Waals surface area (Å²) in [6.45, 7) is 4.22. The first-order valence-corrected chi connectivity index (χ1v) is 8.19. The van der Waals surface area contributed by atoms with E-state index in [4.69, 9.17) is 10.7 Å². The van der Waals surface area contributed by atoms with Crippen LogP contribution in [0.15, 0.2) is 48.1 Å². The molecule has 1 aromatic carbocycles. The van der Waals surface area contributed by atoms with Crippen molar-refractivity contribution in [1.82, 2.24) is 9.97 Å². The highest BCUT2D eigenvalue weighted by Gasteiger charge is 2.13. The minimum atomic E-state index is -0.0199. The molecule has 1 atom stereocenters. The summed E-state index contributed by atoms with van der Waals surface area (Å²) in [7, 11) is 0. The minimum absolute atomic E-state index is 0.0199. The number of hydrogen-bond donors (Lipinski definition) is 1. The van der Waals surface area contributed by atoms with Crippen LogP contribution < -0.4 is 5.73 Å². The highest BCUT2D eigenvalue weighted by atomic mass is 32.1. The highest BCUT2D eigenvalue weighted by Crippen LogP contribution is 2.25. The van der Waals surface area contributed by atoms with E-state index in [1.165, 1.54) is 16.7 Å². The Kier molecular flexibility index (Phi) is 4.32. The molecule has 0 amide bonds. The van der Waals surface area contributed by atoms with Crippen molar-refractivity contribution in [2.75, 3.05) is 0 Å². The van der Waals surface area contributed by atoms with Gasteiger partial charge in [0.15, 0.2) is 0 Å². The van der Waals surface area contributed by atoms with Crippen molar-refractivity contribution in [3.05, 3.63) is 69.8 Å². The maximum absolute atomic E-state index is 6.38. The first-order valence-electron chi connectivity index (χ1n) is 7.31. The van der Waals surface area contributed by atoms with E-state index in [0.717, 1.165) is 22.7 Å². The van der Waals surface area contributed by atoms with Gasteiger partial charge in [-0.15, -0.1) is 11.3 Å². The second kappa shape index (κ2) is 6.38. The third-order valence-electron chi connectivity index (χ3n) is 3.73. The van der Waals surface area contributed by atoms with E-state index in [2.05, 4.69) is 42.4 Å². The summed E-state index contributed by atoms with van der Waals surface area (Å²) in [4.78, 5) is 8.83. The van der Waals surface area contributed by atoms with Crippen molar-refractivity contribution >= 4 is 11.3 Å². The smallest absolute Gasteiger partial charge is 0.0951 e. The summed E-state index contributed by atoms with van der Waals surface area (Å²) in [6.07, 6.45) is 4.37. The number of thiazole rings is 1. The molecule has 0 aliphatic rings. The second-order valence-corrected chi connectivity index (χ2v) is 6.48. The van der Waals surface area contributed by atoms with Gasteiger partial charge in [0, 0.05) is 35.8 Å². The van der Waals surface area contributed by atoms with Gasteiger partial charge in [-0.05, 0) is 37.1 Å². The fourth-order valence-electron chi connectivity index (χ4n) is 2.59. The molecular weight excluding hydrogens is 290 g/mol. The van der Waals surface area contributed by atoms with Crippen molar-refractivity contribution in [2.45, 2.75) is 26.3 Å². The van der Waals surface area contributed by atoms with Gasteiger partial charge in [-0.2, -0.15) is 0 Å². The number of rotatable bonds is 4. The van der Waals surface area contributed by atoms with Crippen LogP contribution in [0.5, 0.6) is 0 Å². The lowest BCUT2D eigenvalue weighted by molar-refractivity contribution is 0.713. The van der Waals surface area contributed by atoms with Crippen LogP contribution in [-0.4, -0.2) is 9.97 Å². The zero-order chi connectivity index (χ0) is 15.5. The average Bonchev–Trinajstić information content (AvgIpc) is 2.96. The van der Waals surface area contributed by atoms with E-state index in [-0.39, 0.29) is 6.04 Å². The zero-order valence-electron chi connectivity index (χ0n) is 12.8. The number of nitrogens with zero attached hydrogens (tertiary/aromatic N) is 2. The van der Waals surface area contributed by atoms with Gasteiger partial charge >= 0.3 is 0 Å². The second-order valence-electron chi connectivity index (χ2n) is 5.54. The average molecular weight is 309 g/mol. The zero-order valence-corrected chi connectivity index (χ0v) is 13.6. The summed E-state index contributed by atoms with van der Waals surface area (Å²) in [6, 6.07) is 10.4. The van der Waals surface area contributed by atoms with Gasteiger partial charge in [-0.1, -0.05) is 23.8 Å². The van der Waals surface area contributed by atoms with E-state index in [0.29, 0.717) is 0 Å². The summed E-state index contributed by atoms with van der Waals surface area (Å²) < 4.78 is 0. The van der Waals surface area contributed by atoms with E-state index in [1.807, 2.05) is 18.3 Å². The Hall–Kier alpha value is -2.04. The van der Waals surface area contributed by atoms with Gasteiger partial charge in [-0.3, -0.25) is 4.98 Å². The molecule has 3 nitrogen and oxygen atoms in total. The third kappa shape index (κ3) is 3.24. The normalized spacial score (nSPS) is 12.3. The van der Waals surface area contributed by atoms with Gasteiger partial charge in [-0.25, -0.2) is 4.98 Å². The van der Waals surface area contributed by atoms with Crippen LogP contribution in [0, 0.1) is 13.8 Å². The Morgan fingerprint density at radius 3 is 2.82 bits per heavy atom. The van der Waals surface area contributed by atoms with Crippen LogP contribution in [-0.2, 0) is 6.42 Å². The predicted molar refractivity (Wildman–Crippen MR) is 91.9 cm³/mol. The number of benzene rings is 1. The van der Waals surface area contributed by atoms with Gasteiger partial charge in [0.1, 0.15) is 0 Å². The third-order valence-corrected chi connectivity index (χ3v) is 4.60. The highest BCUT2D eigenvalue weighted by molar-refractivity contribution is 7.09. The van der Waals surface area contributed by atoms with Crippen molar-refractivity contribution in [3.63, 3.8) is 0 Å². The molecule has 3 rings (SSSR count). The first-order chi connectivity index (χ1) is 10.6. The number of aryl methyl sites for hydroxylation is 2. The fourth-order valence-corrected chi connectivity index (χ4v) is 3.45. The van der Waals surface area contributed by atoms with Crippen LogP contribution in [0.1, 0.15) is 27.7 Å². The Labute approximate surface area is 134 Å². The Morgan fingerprint density at radius 2 is 2.09 bits per heavy atom. The molecule has 0 fully saturated rings. The van der Waals surface area contributed by atoms with E-state index in [1.54, 1.807) is 17.5 Å². The Morgan fingerprint density at radius 1 is 1.23 bits per heavy atom. The maximum atomic E-state index is 6.38. The van der Waals surface area contributed by atoms with E-state index < -0.39 is 0 Å². The van der Waals surface area contributed by atoms with Crippen molar-refractivity contribution in [3.8, 4) is 11.3 Å². The molecule has 2 aromatic heterocycles. The fraction of sp³-hybridized carbons (Fsp3) is 0.222.